The summed E-state index contributed by atoms with van der Waals surface area (Å²) in [4.78, 5) is 15.3. The Balaban J connectivity index is 1.92. The standard InChI is InChI=1S/C16H15N3O2S/c1-2-11-8-13(19(20)21)15-14(9-11)22-16(18-15)17-10-12-6-4-3-5-7-12/h3-9H,2,10H2,1H3,(H,17,18). The second-order valence-electron chi connectivity index (χ2n) is 4.93. The number of aromatic nitrogens is 1. The Bertz CT molecular complexity index is 815. The number of nitro benzene ring substituents is 1. The Hall–Kier alpha value is -2.47. The third kappa shape index (κ3) is 2.92. The molecule has 0 bridgehead atoms. The number of fused-ring (bicyclic) bond motifs is 1. The van der Waals surface area contributed by atoms with Crippen molar-refractivity contribution in [2.24, 2.45) is 0 Å². The predicted molar refractivity (Wildman–Crippen MR) is 89.4 cm³/mol. The van der Waals surface area contributed by atoms with Gasteiger partial charge in [0.2, 0.25) is 0 Å². The molecule has 22 heavy (non-hydrogen) atoms. The summed E-state index contributed by atoms with van der Waals surface area (Å²) in [6, 6.07) is 13.6. The van der Waals surface area contributed by atoms with Crippen LogP contribution < -0.4 is 5.32 Å². The molecule has 0 amide bonds. The van der Waals surface area contributed by atoms with E-state index in [9.17, 15) is 10.1 Å². The summed E-state index contributed by atoms with van der Waals surface area (Å²) < 4.78 is 0.849. The van der Waals surface area contributed by atoms with Gasteiger partial charge in [0.1, 0.15) is 0 Å². The number of aryl methyl sites for hydroxylation is 1. The van der Waals surface area contributed by atoms with Crippen molar-refractivity contribution in [1.29, 1.82) is 0 Å². The highest BCUT2D eigenvalue weighted by Gasteiger charge is 2.17. The molecule has 1 heterocycles. The van der Waals surface area contributed by atoms with Crippen molar-refractivity contribution < 1.29 is 4.92 Å². The third-order valence-corrected chi connectivity index (χ3v) is 4.39. The first-order chi connectivity index (χ1) is 10.7. The molecule has 0 aliphatic rings. The van der Waals surface area contributed by atoms with Crippen LogP contribution in [0.2, 0.25) is 0 Å². The number of anilines is 1. The first-order valence-electron chi connectivity index (χ1n) is 7.03. The number of non-ortho nitro benzene ring substituents is 1. The van der Waals surface area contributed by atoms with Gasteiger partial charge in [-0.3, -0.25) is 10.1 Å². The maximum absolute atomic E-state index is 11.2. The number of nitro groups is 1. The fraction of sp³-hybridized carbons (Fsp3) is 0.188. The highest BCUT2D eigenvalue weighted by atomic mass is 32.1. The maximum atomic E-state index is 11.2. The molecule has 3 aromatic rings. The summed E-state index contributed by atoms with van der Waals surface area (Å²) in [6.45, 7) is 2.63. The second kappa shape index (κ2) is 6.11. The molecular weight excluding hydrogens is 298 g/mol. The number of hydrogen-bond acceptors (Lipinski definition) is 5. The Labute approximate surface area is 131 Å². The van der Waals surface area contributed by atoms with E-state index in [4.69, 9.17) is 0 Å². The molecule has 6 heteroatoms. The molecule has 0 unspecified atom stereocenters. The Morgan fingerprint density at radius 2 is 2.00 bits per heavy atom. The zero-order valence-corrected chi connectivity index (χ0v) is 12.9. The van der Waals surface area contributed by atoms with Gasteiger partial charge in [0, 0.05) is 12.6 Å². The lowest BCUT2D eigenvalue weighted by atomic mass is 10.1. The summed E-state index contributed by atoms with van der Waals surface area (Å²) in [5.74, 6) is 0. The monoisotopic (exact) mass is 313 g/mol. The van der Waals surface area contributed by atoms with Gasteiger partial charge >= 0.3 is 0 Å². The van der Waals surface area contributed by atoms with Gasteiger partial charge in [-0.15, -0.1) is 0 Å². The molecule has 0 aliphatic heterocycles. The quantitative estimate of drug-likeness (QED) is 0.560. The minimum atomic E-state index is -0.359. The molecule has 3 rings (SSSR count). The van der Waals surface area contributed by atoms with E-state index in [1.807, 2.05) is 43.3 Å². The number of rotatable bonds is 5. The van der Waals surface area contributed by atoms with Gasteiger partial charge in [-0.2, -0.15) is 0 Å². The van der Waals surface area contributed by atoms with Crippen LogP contribution in [0.3, 0.4) is 0 Å². The number of nitrogens with zero attached hydrogens (tertiary/aromatic N) is 2. The van der Waals surface area contributed by atoms with Crippen LogP contribution in [0.15, 0.2) is 42.5 Å². The highest BCUT2D eigenvalue weighted by molar-refractivity contribution is 7.22. The van der Waals surface area contributed by atoms with Crippen LogP contribution in [0.25, 0.3) is 10.2 Å². The van der Waals surface area contributed by atoms with Crippen LogP contribution in [-0.4, -0.2) is 9.91 Å². The Morgan fingerprint density at radius 3 is 2.68 bits per heavy atom. The van der Waals surface area contributed by atoms with Crippen LogP contribution in [0, 0.1) is 10.1 Å². The molecule has 5 nitrogen and oxygen atoms in total. The summed E-state index contributed by atoms with van der Waals surface area (Å²) >= 11 is 1.45. The van der Waals surface area contributed by atoms with Crippen molar-refractivity contribution in [3.05, 3.63) is 63.7 Å². The molecule has 112 valence electrons. The van der Waals surface area contributed by atoms with E-state index in [1.165, 1.54) is 11.3 Å². The van der Waals surface area contributed by atoms with Gasteiger partial charge < -0.3 is 5.32 Å². The Morgan fingerprint density at radius 1 is 1.23 bits per heavy atom. The minimum Gasteiger partial charge on any atom is -0.357 e. The van der Waals surface area contributed by atoms with Gasteiger partial charge in [0.05, 0.1) is 9.62 Å². The van der Waals surface area contributed by atoms with Crippen molar-refractivity contribution in [1.82, 2.24) is 4.98 Å². The van der Waals surface area contributed by atoms with Gasteiger partial charge in [0.25, 0.3) is 5.69 Å². The zero-order valence-electron chi connectivity index (χ0n) is 12.1. The molecule has 1 aromatic heterocycles. The van der Waals surface area contributed by atoms with E-state index in [0.29, 0.717) is 17.2 Å². The average Bonchev–Trinajstić information content (AvgIpc) is 2.95. The molecule has 0 saturated carbocycles. The fourth-order valence-electron chi connectivity index (χ4n) is 2.26. The van der Waals surface area contributed by atoms with Crippen LogP contribution in [-0.2, 0) is 13.0 Å². The van der Waals surface area contributed by atoms with Crippen LogP contribution >= 0.6 is 11.3 Å². The largest absolute Gasteiger partial charge is 0.357 e. The molecule has 2 aromatic carbocycles. The number of benzene rings is 2. The Kier molecular flexibility index (Phi) is 4.02. The van der Waals surface area contributed by atoms with Gasteiger partial charge in [0.15, 0.2) is 10.6 Å². The maximum Gasteiger partial charge on any atom is 0.296 e. The normalized spacial score (nSPS) is 10.8. The number of nitrogens with one attached hydrogen (secondary N) is 1. The van der Waals surface area contributed by atoms with E-state index in [0.717, 1.165) is 22.2 Å². The summed E-state index contributed by atoms with van der Waals surface area (Å²) in [5.41, 5.74) is 2.64. The molecule has 0 spiro atoms. The van der Waals surface area contributed by atoms with E-state index in [1.54, 1.807) is 6.07 Å². The van der Waals surface area contributed by atoms with E-state index in [2.05, 4.69) is 10.3 Å². The zero-order chi connectivity index (χ0) is 15.5. The highest BCUT2D eigenvalue weighted by Crippen LogP contribution is 2.34. The second-order valence-corrected chi connectivity index (χ2v) is 5.96. The lowest BCUT2D eigenvalue weighted by molar-refractivity contribution is -0.383. The van der Waals surface area contributed by atoms with Gasteiger partial charge in [-0.05, 0) is 23.6 Å². The SMILES string of the molecule is CCc1cc([N+](=O)[O-])c2nc(NCc3ccccc3)sc2c1. The van der Waals surface area contributed by atoms with Crippen molar-refractivity contribution in [3.63, 3.8) is 0 Å². The topological polar surface area (TPSA) is 68.1 Å². The van der Waals surface area contributed by atoms with Crippen molar-refractivity contribution >= 4 is 32.4 Å². The molecule has 1 N–H and O–H groups in total. The van der Waals surface area contributed by atoms with E-state index in [-0.39, 0.29) is 10.6 Å². The summed E-state index contributed by atoms with van der Waals surface area (Å²) in [5, 5.41) is 15.2. The molecule has 0 radical (unpaired) electrons. The van der Waals surface area contributed by atoms with E-state index < -0.39 is 0 Å². The van der Waals surface area contributed by atoms with Crippen molar-refractivity contribution in [2.45, 2.75) is 19.9 Å². The molecule has 0 atom stereocenters. The number of thiazole rings is 1. The molecule has 0 aliphatic carbocycles. The third-order valence-electron chi connectivity index (χ3n) is 3.43. The molecule has 0 saturated heterocycles. The van der Waals surface area contributed by atoms with Crippen LogP contribution in [0.1, 0.15) is 18.1 Å². The number of hydrogen-bond donors (Lipinski definition) is 1. The van der Waals surface area contributed by atoms with Crippen LogP contribution in [0.4, 0.5) is 10.8 Å². The smallest absolute Gasteiger partial charge is 0.296 e. The summed E-state index contributed by atoms with van der Waals surface area (Å²) in [6.07, 6.45) is 0.765. The van der Waals surface area contributed by atoms with E-state index >= 15 is 0 Å². The van der Waals surface area contributed by atoms with Crippen molar-refractivity contribution in [3.8, 4) is 0 Å². The van der Waals surface area contributed by atoms with Gasteiger partial charge in [-0.1, -0.05) is 48.6 Å². The minimum absolute atomic E-state index is 0.0818. The average molecular weight is 313 g/mol. The molecule has 0 fully saturated rings. The van der Waals surface area contributed by atoms with Crippen LogP contribution in [0.5, 0.6) is 0 Å². The molecular formula is C16H15N3O2S. The predicted octanol–water partition coefficient (Wildman–Crippen LogP) is 4.38. The lowest BCUT2D eigenvalue weighted by Crippen LogP contribution is -1.98. The van der Waals surface area contributed by atoms with Crippen molar-refractivity contribution in [2.75, 3.05) is 5.32 Å². The summed E-state index contributed by atoms with van der Waals surface area (Å²) in [7, 11) is 0. The first-order valence-corrected chi connectivity index (χ1v) is 7.84. The van der Waals surface area contributed by atoms with Gasteiger partial charge in [-0.25, -0.2) is 4.98 Å². The fourth-order valence-corrected chi connectivity index (χ4v) is 3.21. The lowest BCUT2D eigenvalue weighted by Gasteiger charge is -2.01. The first kappa shape index (κ1) is 14.5.